The van der Waals surface area contributed by atoms with Crippen LogP contribution in [0, 0.1) is 0 Å². The highest BCUT2D eigenvalue weighted by Crippen LogP contribution is 2.18. The number of amides is 1. The van der Waals surface area contributed by atoms with E-state index in [2.05, 4.69) is 15.5 Å². The van der Waals surface area contributed by atoms with Crippen molar-refractivity contribution >= 4 is 23.6 Å². The topological polar surface area (TPSA) is 97.1 Å². The Balaban J connectivity index is 2.73. The summed E-state index contributed by atoms with van der Waals surface area (Å²) in [4.78, 5) is 22.1. The third kappa shape index (κ3) is 3.74. The minimum Gasteiger partial charge on any atom is -0.481 e. The molecule has 17 heavy (non-hydrogen) atoms. The van der Waals surface area contributed by atoms with E-state index in [0.29, 0.717) is 11.7 Å². The number of carbonyl (C=O) groups is 2. The molecule has 1 amide bonds. The molecule has 8 heteroatoms. The fraction of sp³-hybridized carbons (Fsp3) is 0.556. The molecule has 94 valence electrons. The third-order valence-electron chi connectivity index (χ3n) is 2.01. The smallest absolute Gasteiger partial charge is 0.313 e. The molecule has 0 fully saturated rings. The van der Waals surface area contributed by atoms with Crippen molar-refractivity contribution in [2.75, 3.05) is 12.3 Å². The average molecular weight is 258 g/mol. The van der Waals surface area contributed by atoms with Crippen molar-refractivity contribution < 1.29 is 14.7 Å². The molecule has 0 spiro atoms. The van der Waals surface area contributed by atoms with E-state index in [4.69, 9.17) is 5.11 Å². The van der Waals surface area contributed by atoms with Crippen molar-refractivity contribution in [3.05, 3.63) is 6.33 Å². The van der Waals surface area contributed by atoms with E-state index < -0.39 is 12.0 Å². The SMILES string of the molecule is CCNC(=O)C(C)n1cnnc1SCC(=O)O. The molecule has 1 aromatic heterocycles. The maximum absolute atomic E-state index is 11.6. The monoisotopic (exact) mass is 258 g/mol. The van der Waals surface area contributed by atoms with Gasteiger partial charge in [0.25, 0.3) is 0 Å². The number of aromatic nitrogens is 3. The van der Waals surface area contributed by atoms with E-state index in [0.717, 1.165) is 11.8 Å². The first kappa shape index (κ1) is 13.5. The van der Waals surface area contributed by atoms with Gasteiger partial charge in [0.2, 0.25) is 5.91 Å². The second-order valence-corrected chi connectivity index (χ2v) is 4.22. The van der Waals surface area contributed by atoms with Crippen LogP contribution in [-0.4, -0.2) is 44.0 Å². The molecule has 1 unspecified atom stereocenters. The lowest BCUT2D eigenvalue weighted by atomic mass is 10.3. The predicted molar refractivity (Wildman–Crippen MR) is 61.8 cm³/mol. The van der Waals surface area contributed by atoms with Gasteiger partial charge in [0, 0.05) is 6.54 Å². The Kier molecular flexibility index (Phi) is 4.95. The fourth-order valence-corrected chi connectivity index (χ4v) is 1.89. The zero-order valence-corrected chi connectivity index (χ0v) is 10.4. The number of nitrogens with zero attached hydrogens (tertiary/aromatic N) is 3. The first-order chi connectivity index (χ1) is 8.06. The van der Waals surface area contributed by atoms with Crippen molar-refractivity contribution in [1.82, 2.24) is 20.1 Å². The highest BCUT2D eigenvalue weighted by atomic mass is 32.2. The fourth-order valence-electron chi connectivity index (χ4n) is 1.18. The number of thioether (sulfide) groups is 1. The number of carboxylic acid groups (broad SMARTS) is 1. The van der Waals surface area contributed by atoms with Crippen molar-refractivity contribution in [2.24, 2.45) is 0 Å². The van der Waals surface area contributed by atoms with Crippen molar-refractivity contribution in [2.45, 2.75) is 25.0 Å². The standard InChI is InChI=1S/C9H14N4O3S/c1-3-10-8(16)6(2)13-5-11-12-9(13)17-4-7(14)15/h5-6H,3-4H2,1-2H3,(H,10,16)(H,14,15). The first-order valence-corrected chi connectivity index (χ1v) is 6.06. The summed E-state index contributed by atoms with van der Waals surface area (Å²) in [5.74, 6) is -1.19. The number of aliphatic carboxylic acids is 1. The maximum atomic E-state index is 11.6. The van der Waals surface area contributed by atoms with Crippen LogP contribution in [0.1, 0.15) is 19.9 Å². The Bertz CT molecular complexity index is 407. The van der Waals surface area contributed by atoms with Gasteiger partial charge in [-0.15, -0.1) is 10.2 Å². The summed E-state index contributed by atoms with van der Waals surface area (Å²) in [5.41, 5.74) is 0. The van der Waals surface area contributed by atoms with Gasteiger partial charge in [0.15, 0.2) is 5.16 Å². The number of carbonyl (C=O) groups excluding carboxylic acids is 1. The maximum Gasteiger partial charge on any atom is 0.313 e. The second kappa shape index (κ2) is 6.24. The molecule has 0 saturated heterocycles. The zero-order valence-electron chi connectivity index (χ0n) is 9.58. The van der Waals surface area contributed by atoms with Crippen molar-refractivity contribution in [3.63, 3.8) is 0 Å². The average Bonchev–Trinajstić information content (AvgIpc) is 2.73. The van der Waals surface area contributed by atoms with Gasteiger partial charge in [-0.1, -0.05) is 11.8 Å². The Hall–Kier alpha value is -1.57. The summed E-state index contributed by atoms with van der Waals surface area (Å²) in [6, 6.07) is -0.457. The van der Waals surface area contributed by atoms with Crippen LogP contribution in [0.3, 0.4) is 0 Å². The van der Waals surface area contributed by atoms with Gasteiger partial charge in [0.05, 0.1) is 5.75 Å². The number of nitrogens with one attached hydrogen (secondary N) is 1. The molecule has 0 bridgehead atoms. The quantitative estimate of drug-likeness (QED) is 0.705. The van der Waals surface area contributed by atoms with Gasteiger partial charge in [-0.2, -0.15) is 0 Å². The minimum absolute atomic E-state index is 0.110. The summed E-state index contributed by atoms with van der Waals surface area (Å²) in [6.45, 7) is 4.08. The molecule has 0 aliphatic carbocycles. The number of hydrogen-bond donors (Lipinski definition) is 2. The molecule has 1 atom stereocenters. The summed E-state index contributed by atoms with van der Waals surface area (Å²) in [6.07, 6.45) is 1.42. The molecule has 0 saturated carbocycles. The first-order valence-electron chi connectivity index (χ1n) is 5.08. The van der Waals surface area contributed by atoms with Crippen LogP contribution >= 0.6 is 11.8 Å². The number of likely N-dealkylation sites (N-methyl/N-ethyl adjacent to an activating group) is 1. The minimum atomic E-state index is -0.935. The van der Waals surface area contributed by atoms with Crippen molar-refractivity contribution in [1.29, 1.82) is 0 Å². The summed E-state index contributed by atoms with van der Waals surface area (Å²) in [7, 11) is 0. The largest absolute Gasteiger partial charge is 0.481 e. The van der Waals surface area contributed by atoms with E-state index in [1.54, 1.807) is 11.5 Å². The third-order valence-corrected chi connectivity index (χ3v) is 2.95. The lowest BCUT2D eigenvalue weighted by molar-refractivity contribution is -0.133. The molecule has 0 radical (unpaired) electrons. The van der Waals surface area contributed by atoms with E-state index in [9.17, 15) is 9.59 Å². The van der Waals surface area contributed by atoms with Crippen LogP contribution < -0.4 is 5.32 Å². The molecule has 2 N–H and O–H groups in total. The highest BCUT2D eigenvalue weighted by Gasteiger charge is 2.18. The van der Waals surface area contributed by atoms with E-state index in [1.807, 2.05) is 6.92 Å². The predicted octanol–water partition coefficient (Wildman–Crippen LogP) is 0.152. The summed E-state index contributed by atoms with van der Waals surface area (Å²) >= 11 is 1.04. The van der Waals surface area contributed by atoms with Crippen molar-refractivity contribution in [3.8, 4) is 0 Å². The lowest BCUT2D eigenvalue weighted by Crippen LogP contribution is -2.30. The van der Waals surface area contributed by atoms with Crippen LogP contribution in [0.15, 0.2) is 11.5 Å². The number of rotatable bonds is 6. The second-order valence-electron chi connectivity index (χ2n) is 3.27. The molecule has 7 nitrogen and oxygen atoms in total. The molecule has 0 aliphatic heterocycles. The van der Waals surface area contributed by atoms with Crippen LogP contribution in [0.4, 0.5) is 0 Å². The lowest BCUT2D eigenvalue weighted by Gasteiger charge is -2.13. The molecule has 1 aromatic rings. The van der Waals surface area contributed by atoms with Gasteiger partial charge >= 0.3 is 5.97 Å². The van der Waals surface area contributed by atoms with E-state index >= 15 is 0 Å². The Morgan fingerprint density at radius 2 is 2.35 bits per heavy atom. The Labute approximate surface area is 103 Å². The Morgan fingerprint density at radius 1 is 1.65 bits per heavy atom. The van der Waals surface area contributed by atoms with Gasteiger partial charge < -0.3 is 10.4 Å². The van der Waals surface area contributed by atoms with Crippen LogP contribution in [0.5, 0.6) is 0 Å². The molecule has 1 rings (SSSR count). The van der Waals surface area contributed by atoms with Gasteiger partial charge in [-0.3, -0.25) is 14.2 Å². The van der Waals surface area contributed by atoms with Gasteiger partial charge in [-0.05, 0) is 13.8 Å². The molecule has 0 aromatic carbocycles. The molecular formula is C9H14N4O3S. The summed E-state index contributed by atoms with van der Waals surface area (Å²) < 4.78 is 1.55. The van der Waals surface area contributed by atoms with E-state index in [1.165, 1.54) is 6.33 Å². The molecule has 1 heterocycles. The van der Waals surface area contributed by atoms with Gasteiger partial charge in [-0.25, -0.2) is 0 Å². The van der Waals surface area contributed by atoms with Crippen LogP contribution in [0.2, 0.25) is 0 Å². The highest BCUT2D eigenvalue weighted by molar-refractivity contribution is 7.99. The molecular weight excluding hydrogens is 244 g/mol. The Morgan fingerprint density at radius 3 is 2.94 bits per heavy atom. The zero-order chi connectivity index (χ0) is 12.8. The van der Waals surface area contributed by atoms with Crippen LogP contribution in [0.25, 0.3) is 0 Å². The normalized spacial score (nSPS) is 12.1. The van der Waals surface area contributed by atoms with Gasteiger partial charge in [0.1, 0.15) is 12.4 Å². The number of hydrogen-bond acceptors (Lipinski definition) is 5. The van der Waals surface area contributed by atoms with E-state index in [-0.39, 0.29) is 11.7 Å². The number of carboxylic acids is 1. The van der Waals surface area contributed by atoms with Crippen LogP contribution in [-0.2, 0) is 9.59 Å². The summed E-state index contributed by atoms with van der Waals surface area (Å²) in [5, 5.41) is 19.2. The molecule has 0 aliphatic rings.